The molecule has 0 saturated carbocycles. The smallest absolute Gasteiger partial charge is 0.123 e. The third kappa shape index (κ3) is 4.10. The van der Waals surface area contributed by atoms with E-state index in [2.05, 4.69) is 19.2 Å². The minimum atomic E-state index is 0.0496. The highest BCUT2D eigenvalue weighted by atomic mass is 35.5. The monoisotopic (exact) mass is 285 g/mol. The molecule has 0 aliphatic rings. The molecule has 1 rings (SSSR count). The lowest BCUT2D eigenvalue weighted by molar-refractivity contribution is 0.00410. The molecule has 2 unspecified atom stereocenters. The summed E-state index contributed by atoms with van der Waals surface area (Å²) in [5.41, 5.74) is 1.03. The van der Waals surface area contributed by atoms with E-state index in [1.54, 1.807) is 7.11 Å². The Morgan fingerprint density at radius 1 is 1.32 bits per heavy atom. The van der Waals surface area contributed by atoms with Crippen molar-refractivity contribution in [1.82, 2.24) is 5.32 Å². The van der Waals surface area contributed by atoms with Crippen LogP contribution in [0.2, 0.25) is 5.02 Å². The summed E-state index contributed by atoms with van der Waals surface area (Å²) in [6.07, 6.45) is 0.0716. The molecule has 0 bridgehead atoms. The number of nitrogens with one attached hydrogen (secondary N) is 1. The molecule has 0 radical (unpaired) electrons. The van der Waals surface area contributed by atoms with Crippen LogP contribution in [0.1, 0.15) is 32.4 Å². The second kappa shape index (κ2) is 7.73. The molecule has 0 amide bonds. The summed E-state index contributed by atoms with van der Waals surface area (Å²) in [6.45, 7) is 7.00. The van der Waals surface area contributed by atoms with E-state index in [9.17, 15) is 0 Å². The van der Waals surface area contributed by atoms with Crippen molar-refractivity contribution < 1.29 is 9.47 Å². The zero-order valence-corrected chi connectivity index (χ0v) is 13.1. The van der Waals surface area contributed by atoms with Gasteiger partial charge in [-0.25, -0.2) is 0 Å². The lowest BCUT2D eigenvalue weighted by atomic mass is 9.93. The van der Waals surface area contributed by atoms with Crippen LogP contribution in [0.4, 0.5) is 0 Å². The van der Waals surface area contributed by atoms with Crippen molar-refractivity contribution >= 4 is 11.6 Å². The van der Waals surface area contributed by atoms with Crippen molar-refractivity contribution in [2.45, 2.75) is 32.9 Å². The second-order valence-electron chi connectivity index (χ2n) is 4.82. The highest BCUT2D eigenvalue weighted by Crippen LogP contribution is 2.33. The number of benzene rings is 1. The van der Waals surface area contributed by atoms with Crippen molar-refractivity contribution in [2.24, 2.45) is 5.92 Å². The summed E-state index contributed by atoms with van der Waals surface area (Å²) in [6, 6.07) is 5.72. The maximum Gasteiger partial charge on any atom is 0.123 e. The van der Waals surface area contributed by atoms with Crippen molar-refractivity contribution in [3.63, 3.8) is 0 Å². The van der Waals surface area contributed by atoms with Crippen LogP contribution in [0.3, 0.4) is 0 Å². The van der Waals surface area contributed by atoms with Gasteiger partial charge in [0.15, 0.2) is 0 Å². The van der Waals surface area contributed by atoms with E-state index in [0.717, 1.165) is 11.3 Å². The van der Waals surface area contributed by atoms with Crippen molar-refractivity contribution in [2.75, 3.05) is 20.8 Å². The Balaban J connectivity index is 3.16. The quantitative estimate of drug-likeness (QED) is 0.829. The molecule has 108 valence electrons. The van der Waals surface area contributed by atoms with Crippen LogP contribution in [0.15, 0.2) is 18.2 Å². The summed E-state index contributed by atoms with van der Waals surface area (Å²) in [7, 11) is 3.60. The molecule has 0 aliphatic carbocycles. The van der Waals surface area contributed by atoms with Gasteiger partial charge < -0.3 is 14.8 Å². The number of rotatable bonds is 7. The van der Waals surface area contributed by atoms with Gasteiger partial charge in [0, 0.05) is 17.2 Å². The third-order valence-corrected chi connectivity index (χ3v) is 3.42. The van der Waals surface area contributed by atoms with E-state index < -0.39 is 0 Å². The van der Waals surface area contributed by atoms with Crippen LogP contribution in [0, 0.1) is 5.92 Å². The Morgan fingerprint density at radius 2 is 2.00 bits per heavy atom. The fraction of sp³-hybridized carbons (Fsp3) is 0.600. The SMILES string of the molecule is CCOC(C(C)C)C(NC)c1cc(Cl)ccc1OC. The third-order valence-electron chi connectivity index (χ3n) is 3.18. The summed E-state index contributed by atoms with van der Waals surface area (Å²) in [5.74, 6) is 1.22. The molecule has 1 aromatic carbocycles. The molecular weight excluding hydrogens is 262 g/mol. The van der Waals surface area contributed by atoms with E-state index in [1.807, 2.05) is 32.2 Å². The van der Waals surface area contributed by atoms with Gasteiger partial charge in [-0.05, 0) is 38.1 Å². The molecule has 19 heavy (non-hydrogen) atoms. The lowest BCUT2D eigenvalue weighted by Crippen LogP contribution is -2.35. The van der Waals surface area contributed by atoms with Gasteiger partial charge in [-0.1, -0.05) is 25.4 Å². The van der Waals surface area contributed by atoms with Crippen LogP contribution in [0.5, 0.6) is 5.75 Å². The van der Waals surface area contributed by atoms with Gasteiger partial charge in [-0.15, -0.1) is 0 Å². The van der Waals surface area contributed by atoms with Crippen molar-refractivity contribution in [3.05, 3.63) is 28.8 Å². The number of hydrogen-bond acceptors (Lipinski definition) is 3. The minimum absolute atomic E-state index is 0.0496. The van der Waals surface area contributed by atoms with Gasteiger partial charge in [-0.3, -0.25) is 0 Å². The van der Waals surface area contributed by atoms with E-state index in [-0.39, 0.29) is 12.1 Å². The first-order chi connectivity index (χ1) is 9.04. The highest BCUT2D eigenvalue weighted by Gasteiger charge is 2.27. The Kier molecular flexibility index (Phi) is 6.63. The van der Waals surface area contributed by atoms with Crippen molar-refractivity contribution in [1.29, 1.82) is 0 Å². The zero-order chi connectivity index (χ0) is 14.4. The summed E-state index contributed by atoms with van der Waals surface area (Å²) in [4.78, 5) is 0. The average Bonchev–Trinajstić information content (AvgIpc) is 2.38. The Hall–Kier alpha value is -0.770. The van der Waals surface area contributed by atoms with Crippen LogP contribution in [0.25, 0.3) is 0 Å². The first-order valence-corrected chi connectivity index (χ1v) is 7.05. The predicted octanol–water partition coefficient (Wildman–Crippen LogP) is 3.67. The molecule has 0 saturated heterocycles. The number of hydrogen-bond donors (Lipinski definition) is 1. The van der Waals surface area contributed by atoms with E-state index in [1.165, 1.54) is 0 Å². The first kappa shape index (κ1) is 16.3. The van der Waals surface area contributed by atoms with Crippen LogP contribution < -0.4 is 10.1 Å². The number of halogens is 1. The minimum Gasteiger partial charge on any atom is -0.496 e. The standard InChI is InChI=1S/C15H24ClNO2/c1-6-19-15(10(2)3)14(17-4)12-9-11(16)7-8-13(12)18-5/h7-10,14-15,17H,6H2,1-5H3. The molecule has 3 nitrogen and oxygen atoms in total. The largest absolute Gasteiger partial charge is 0.496 e. The fourth-order valence-electron chi connectivity index (χ4n) is 2.31. The molecule has 0 aliphatic heterocycles. The van der Waals surface area contributed by atoms with Gasteiger partial charge in [0.1, 0.15) is 5.75 Å². The molecular formula is C15H24ClNO2. The molecule has 4 heteroatoms. The molecule has 0 aromatic heterocycles. The Morgan fingerprint density at radius 3 is 2.47 bits per heavy atom. The molecule has 1 aromatic rings. The number of ether oxygens (including phenoxy) is 2. The first-order valence-electron chi connectivity index (χ1n) is 6.67. The lowest BCUT2D eigenvalue weighted by Gasteiger charge is -2.31. The fourth-order valence-corrected chi connectivity index (χ4v) is 2.49. The summed E-state index contributed by atoms with van der Waals surface area (Å²) >= 11 is 6.11. The Labute approximate surface area is 121 Å². The van der Waals surface area contributed by atoms with Crippen molar-refractivity contribution in [3.8, 4) is 5.75 Å². The van der Waals surface area contributed by atoms with Gasteiger partial charge in [0.05, 0.1) is 19.3 Å². The number of likely N-dealkylation sites (N-methyl/N-ethyl adjacent to an activating group) is 1. The van der Waals surface area contributed by atoms with Crippen LogP contribution in [-0.4, -0.2) is 26.9 Å². The molecule has 0 heterocycles. The second-order valence-corrected chi connectivity index (χ2v) is 5.25. The van der Waals surface area contributed by atoms with Crippen LogP contribution in [-0.2, 0) is 4.74 Å². The topological polar surface area (TPSA) is 30.5 Å². The van der Waals surface area contributed by atoms with Gasteiger partial charge in [0.2, 0.25) is 0 Å². The van der Waals surface area contributed by atoms with E-state index in [4.69, 9.17) is 21.1 Å². The highest BCUT2D eigenvalue weighted by molar-refractivity contribution is 6.30. The molecule has 0 spiro atoms. The maximum absolute atomic E-state index is 6.11. The molecule has 1 N–H and O–H groups in total. The average molecular weight is 286 g/mol. The predicted molar refractivity (Wildman–Crippen MR) is 80.1 cm³/mol. The van der Waals surface area contributed by atoms with Gasteiger partial charge in [0.25, 0.3) is 0 Å². The normalized spacial score (nSPS) is 14.5. The maximum atomic E-state index is 6.11. The van der Waals surface area contributed by atoms with Crippen LogP contribution >= 0.6 is 11.6 Å². The van der Waals surface area contributed by atoms with E-state index >= 15 is 0 Å². The molecule has 2 atom stereocenters. The Bertz CT molecular complexity index is 396. The van der Waals surface area contributed by atoms with E-state index in [0.29, 0.717) is 17.5 Å². The molecule has 0 fully saturated rings. The zero-order valence-electron chi connectivity index (χ0n) is 12.4. The summed E-state index contributed by atoms with van der Waals surface area (Å²) < 4.78 is 11.3. The number of methoxy groups -OCH3 is 1. The van der Waals surface area contributed by atoms with Gasteiger partial charge >= 0.3 is 0 Å². The van der Waals surface area contributed by atoms with Gasteiger partial charge in [-0.2, -0.15) is 0 Å². The summed E-state index contributed by atoms with van der Waals surface area (Å²) in [5, 5.41) is 4.03.